The predicted octanol–water partition coefficient (Wildman–Crippen LogP) is -1.42. The van der Waals surface area contributed by atoms with Gasteiger partial charge >= 0.3 is 0 Å². The van der Waals surface area contributed by atoms with Crippen molar-refractivity contribution in [3.05, 3.63) is 0 Å². The largest absolute Gasteiger partial charge is 0.784 e. The molecule has 0 aromatic rings. The lowest BCUT2D eigenvalue weighted by molar-refractivity contribution is 0.419. The zero-order valence-electron chi connectivity index (χ0n) is 3.63. The van der Waals surface area contributed by atoms with E-state index in [1.807, 2.05) is 0 Å². The predicted molar refractivity (Wildman–Crippen MR) is 34.7 cm³/mol. The van der Waals surface area contributed by atoms with Crippen LogP contribution >= 0.6 is 19.8 Å². The van der Waals surface area contributed by atoms with Gasteiger partial charge in [-0.25, -0.2) is 0 Å². The van der Waals surface area contributed by atoms with Crippen LogP contribution in [0, 0.1) is 0 Å². The maximum atomic E-state index is 8.44. The second-order valence-electron chi connectivity index (χ2n) is 0.204. The molecular formula is H8O3P2S. The highest BCUT2D eigenvalue weighted by Crippen LogP contribution is 1.42. The van der Waals surface area contributed by atoms with E-state index in [0.717, 1.165) is 0 Å². The first-order valence-electron chi connectivity index (χ1n) is 0.500. The van der Waals surface area contributed by atoms with Crippen molar-refractivity contribution in [1.82, 2.24) is 0 Å². The van der Waals surface area contributed by atoms with Gasteiger partial charge < -0.3 is 9.11 Å². The van der Waals surface area contributed by atoms with Gasteiger partial charge in [-0.1, -0.05) is 0 Å². The molecule has 0 aliphatic carbocycles. The van der Waals surface area contributed by atoms with Crippen molar-refractivity contribution in [1.29, 1.82) is 0 Å². The van der Waals surface area contributed by atoms with Crippen molar-refractivity contribution in [3.8, 4) is 0 Å². The molecular weight excluding hydrogens is 142 g/mol. The van der Waals surface area contributed by atoms with Gasteiger partial charge in [0.05, 0.1) is 0 Å². The summed E-state index contributed by atoms with van der Waals surface area (Å²) in [6, 6.07) is 0. The minimum Gasteiger partial charge on any atom is -0.784 e. The third-order valence-corrected chi connectivity index (χ3v) is 0. The van der Waals surface area contributed by atoms with Gasteiger partial charge in [0.1, 0.15) is 0 Å². The first-order chi connectivity index (χ1) is 1.73. The Hall–Kier alpha value is 0.930. The fourth-order valence-corrected chi connectivity index (χ4v) is 0. The lowest BCUT2D eigenvalue weighted by Gasteiger charge is -2.03. The normalized spacial score (nSPS) is 5.83. The van der Waals surface area contributed by atoms with E-state index >= 15 is 0 Å². The van der Waals surface area contributed by atoms with Crippen molar-refractivity contribution in [3.63, 3.8) is 0 Å². The van der Waals surface area contributed by atoms with Crippen LogP contribution in [0.1, 0.15) is 0 Å². The summed E-state index contributed by atoms with van der Waals surface area (Å²) in [7, 11) is 0. The molecule has 0 heterocycles. The van der Waals surface area contributed by atoms with Crippen molar-refractivity contribution in [2.75, 3.05) is 0 Å². The Bertz CT molecular complexity index is 31.8. The molecule has 3 nitrogen and oxygen atoms in total. The third-order valence-electron chi connectivity index (χ3n) is 0. The molecule has 0 aliphatic heterocycles. The van der Waals surface area contributed by atoms with Crippen molar-refractivity contribution in [2.45, 2.75) is 0 Å². The zero-order valence-corrected chi connectivity index (χ0v) is 8.45. The molecule has 6 heteroatoms. The summed E-state index contributed by atoms with van der Waals surface area (Å²) in [5, 5.41) is 0. The minimum atomic E-state index is -3.11. The van der Waals surface area contributed by atoms with E-state index in [4.69, 9.17) is 13.3 Å². The van der Waals surface area contributed by atoms with Crippen molar-refractivity contribution < 1.29 is 13.3 Å². The molecule has 2 atom stereocenters. The highest BCUT2D eigenvalue weighted by atomic mass is 32.2. The second kappa shape index (κ2) is 9.33. The molecule has 0 fully saturated rings. The standard InChI is InChI=1S/H2O3S.2H3P/c1-4(2)3;;/h(H2,1,2,3);2*1H3. The van der Waals surface area contributed by atoms with Gasteiger partial charge in [-0.2, -0.15) is 0 Å². The lowest BCUT2D eigenvalue weighted by Crippen LogP contribution is -1.76. The monoisotopic (exact) mass is 150 g/mol. The topological polar surface area (TPSA) is 63.2 Å². The molecule has 0 saturated carbocycles. The number of rotatable bonds is 0. The maximum Gasteiger partial charge on any atom is -0.0395 e. The molecule has 0 rings (SSSR count). The van der Waals surface area contributed by atoms with E-state index in [1.54, 1.807) is 0 Å². The average Bonchev–Trinajstić information content (AvgIpc) is 0.811. The maximum absolute atomic E-state index is 8.44. The van der Waals surface area contributed by atoms with Crippen LogP contribution in [0.3, 0.4) is 0 Å². The summed E-state index contributed by atoms with van der Waals surface area (Å²) in [6.45, 7) is 0. The molecule has 0 aliphatic rings. The molecule has 42 valence electrons. The first-order valence-corrected chi connectivity index (χ1v) is 1.50. The fourth-order valence-electron chi connectivity index (χ4n) is 0. The Balaban J connectivity index is -0.0000000450. The van der Waals surface area contributed by atoms with Crippen LogP contribution in [0.15, 0.2) is 0 Å². The Morgan fingerprint density at radius 1 is 1.17 bits per heavy atom. The Labute approximate surface area is 45.3 Å². The van der Waals surface area contributed by atoms with Crippen molar-refractivity contribution in [2.24, 2.45) is 0 Å². The lowest BCUT2D eigenvalue weighted by atomic mass is 15.8. The van der Waals surface area contributed by atoms with E-state index in [2.05, 4.69) is 0 Å². The molecule has 0 saturated heterocycles. The van der Waals surface area contributed by atoms with Crippen molar-refractivity contribution >= 4 is 31.2 Å². The summed E-state index contributed by atoms with van der Waals surface area (Å²) in [6.07, 6.45) is 0. The molecule has 0 N–H and O–H groups in total. The van der Waals surface area contributed by atoms with E-state index in [-0.39, 0.29) is 19.8 Å². The van der Waals surface area contributed by atoms with Gasteiger partial charge in [-0.05, 0) is 19.8 Å². The fraction of sp³-hybridized carbons (Fsp3) is 0. The van der Waals surface area contributed by atoms with Gasteiger partial charge in [0, 0.05) is 0 Å². The van der Waals surface area contributed by atoms with Crippen LogP contribution < -0.4 is 0 Å². The molecule has 0 spiro atoms. The van der Waals surface area contributed by atoms with Gasteiger partial charge in [-0.15, -0.1) is 11.4 Å². The Morgan fingerprint density at radius 2 is 1.17 bits per heavy atom. The third kappa shape index (κ3) is 88.0. The smallest absolute Gasteiger partial charge is 0.0395 e. The van der Waals surface area contributed by atoms with E-state index in [1.165, 1.54) is 0 Å². The Morgan fingerprint density at radius 3 is 1.17 bits per heavy atom. The number of hydrogen-bond donors (Lipinski definition) is 0. The average molecular weight is 150 g/mol. The molecule has 0 radical (unpaired) electrons. The molecule has 6 heavy (non-hydrogen) atoms. The van der Waals surface area contributed by atoms with E-state index in [9.17, 15) is 0 Å². The minimum absolute atomic E-state index is 0. The van der Waals surface area contributed by atoms with Crippen LogP contribution in [-0.4, -0.2) is 13.3 Å². The summed E-state index contributed by atoms with van der Waals surface area (Å²) >= 11 is -3.11. The van der Waals surface area contributed by atoms with Gasteiger partial charge in [0.25, 0.3) is 0 Å². The summed E-state index contributed by atoms with van der Waals surface area (Å²) in [5.74, 6) is 0. The zero-order chi connectivity index (χ0) is 3.58. The summed E-state index contributed by atoms with van der Waals surface area (Å²) in [5.41, 5.74) is 0. The van der Waals surface area contributed by atoms with E-state index in [0.29, 0.717) is 0 Å². The molecule has 0 bridgehead atoms. The van der Waals surface area contributed by atoms with Crippen LogP contribution in [0.5, 0.6) is 0 Å². The van der Waals surface area contributed by atoms with Gasteiger partial charge in [-0.3, -0.25) is 4.21 Å². The van der Waals surface area contributed by atoms with Crippen LogP contribution in [0.2, 0.25) is 0 Å². The number of hydrogen-bond acceptors (Lipinski definition) is 3. The molecule has 0 aromatic heterocycles. The second-order valence-corrected chi connectivity index (χ2v) is 0.612. The highest BCUT2D eigenvalue weighted by Gasteiger charge is 1.20. The SMILES string of the molecule is O=S([O-])[O-].[PH4+].[PH4+]. The quantitative estimate of drug-likeness (QED) is 0.314. The molecule has 0 aromatic carbocycles. The van der Waals surface area contributed by atoms with Gasteiger partial charge in [0.15, 0.2) is 0 Å². The van der Waals surface area contributed by atoms with E-state index < -0.39 is 11.4 Å². The molecule has 0 amide bonds. The van der Waals surface area contributed by atoms with Crippen LogP contribution in [0.25, 0.3) is 0 Å². The molecule has 2 unspecified atom stereocenters. The first kappa shape index (κ1) is 15.8. The summed E-state index contributed by atoms with van der Waals surface area (Å²) in [4.78, 5) is 0. The van der Waals surface area contributed by atoms with Crippen LogP contribution in [-0.2, 0) is 11.4 Å². The summed E-state index contributed by atoms with van der Waals surface area (Å²) < 4.78 is 25.3. The van der Waals surface area contributed by atoms with Gasteiger partial charge in [0.2, 0.25) is 0 Å². The Kier molecular flexibility index (Phi) is 24.5. The van der Waals surface area contributed by atoms with Crippen LogP contribution in [0.4, 0.5) is 0 Å². The highest BCUT2D eigenvalue weighted by molar-refractivity contribution is 7.72.